The van der Waals surface area contributed by atoms with Crippen molar-refractivity contribution >= 4 is 17.8 Å². The van der Waals surface area contributed by atoms with Gasteiger partial charge in [0.15, 0.2) is 0 Å². The maximum atomic E-state index is 3.16. The molecule has 2 heterocycles. The van der Waals surface area contributed by atoms with Crippen LogP contribution in [0, 0.1) is 0 Å². The van der Waals surface area contributed by atoms with Crippen molar-refractivity contribution < 1.29 is 0 Å². The highest BCUT2D eigenvalue weighted by atomic mass is 32.2. The molecule has 1 aromatic rings. The van der Waals surface area contributed by atoms with E-state index in [9.17, 15) is 0 Å². The topological polar surface area (TPSA) is 17.0 Å². The van der Waals surface area contributed by atoms with Crippen molar-refractivity contribution in [2.75, 3.05) is 4.72 Å². The first kappa shape index (κ1) is 4.32. The fourth-order valence-electron chi connectivity index (χ4n) is 0.795. The van der Waals surface area contributed by atoms with Crippen molar-refractivity contribution in [3.63, 3.8) is 0 Å². The molecule has 1 aromatic heterocycles. The molecule has 2 nitrogen and oxygen atoms in total. The fourth-order valence-corrected chi connectivity index (χ4v) is 1.56. The smallest absolute Gasteiger partial charge is 0.116 e. The highest BCUT2D eigenvalue weighted by molar-refractivity contribution is 7.99. The lowest BCUT2D eigenvalue weighted by atomic mass is 10.6. The second-order valence-electron chi connectivity index (χ2n) is 1.74. The second-order valence-corrected chi connectivity index (χ2v) is 2.49. The largest absolute Gasteiger partial charge is 0.323 e. The molecular formula is C5H6N2S. The molecule has 8 heavy (non-hydrogen) atoms. The Kier molecular flexibility index (Phi) is 0.784. The number of hydrogen-bond acceptors (Lipinski definition) is 2. The summed E-state index contributed by atoms with van der Waals surface area (Å²) >= 11 is 1.72. The van der Waals surface area contributed by atoms with E-state index in [4.69, 9.17) is 0 Å². The van der Waals surface area contributed by atoms with Gasteiger partial charge < -0.3 is 9.29 Å². The van der Waals surface area contributed by atoms with E-state index >= 15 is 0 Å². The van der Waals surface area contributed by atoms with E-state index in [1.54, 1.807) is 11.9 Å². The summed E-state index contributed by atoms with van der Waals surface area (Å²) in [5, 5.41) is 0. The van der Waals surface area contributed by atoms with Gasteiger partial charge in [0.1, 0.15) is 5.82 Å². The summed E-state index contributed by atoms with van der Waals surface area (Å²) in [5.74, 6) is 2.26. The minimum absolute atomic E-state index is 1.04. The molecule has 0 atom stereocenters. The van der Waals surface area contributed by atoms with Crippen LogP contribution in [-0.2, 0) is 5.88 Å². The minimum atomic E-state index is 1.04. The van der Waals surface area contributed by atoms with E-state index in [1.807, 2.05) is 6.07 Å². The van der Waals surface area contributed by atoms with E-state index in [0.717, 1.165) is 5.88 Å². The molecule has 1 N–H and O–H groups in total. The number of nitrogens with zero attached hydrogens (tertiary/aromatic N) is 1. The van der Waals surface area contributed by atoms with E-state index < -0.39 is 0 Å². The number of hydrogen-bond donors (Lipinski definition) is 1. The average molecular weight is 126 g/mol. The zero-order valence-corrected chi connectivity index (χ0v) is 5.11. The molecule has 0 bridgehead atoms. The number of nitrogens with one attached hydrogen (secondary N) is 1. The van der Waals surface area contributed by atoms with Gasteiger partial charge in [0, 0.05) is 6.20 Å². The summed E-state index contributed by atoms with van der Waals surface area (Å²) in [6, 6.07) is 4.11. The Hall–Kier alpha value is -0.570. The maximum absolute atomic E-state index is 3.16. The highest BCUT2D eigenvalue weighted by Crippen LogP contribution is 2.23. The zero-order valence-electron chi connectivity index (χ0n) is 4.29. The lowest BCUT2D eigenvalue weighted by Crippen LogP contribution is -1.81. The van der Waals surface area contributed by atoms with Crippen LogP contribution in [0.1, 0.15) is 0 Å². The molecule has 0 saturated carbocycles. The first-order valence-corrected chi connectivity index (χ1v) is 3.48. The normalized spacial score (nSPS) is 15.5. The lowest BCUT2D eigenvalue weighted by molar-refractivity contribution is 0.939. The van der Waals surface area contributed by atoms with Crippen molar-refractivity contribution in [1.82, 2.24) is 4.57 Å². The van der Waals surface area contributed by atoms with Crippen molar-refractivity contribution in [3.05, 3.63) is 18.3 Å². The van der Waals surface area contributed by atoms with Gasteiger partial charge in [0.05, 0.1) is 5.88 Å². The lowest BCUT2D eigenvalue weighted by Gasteiger charge is -1.87. The van der Waals surface area contributed by atoms with E-state index in [1.165, 1.54) is 5.82 Å². The molecule has 0 saturated heterocycles. The van der Waals surface area contributed by atoms with Crippen molar-refractivity contribution in [1.29, 1.82) is 0 Å². The van der Waals surface area contributed by atoms with Crippen LogP contribution in [-0.4, -0.2) is 4.57 Å². The molecule has 0 amide bonds. The Morgan fingerprint density at radius 2 is 2.75 bits per heavy atom. The van der Waals surface area contributed by atoms with Gasteiger partial charge >= 0.3 is 0 Å². The third kappa shape index (κ3) is 0.448. The molecule has 42 valence electrons. The summed E-state index contributed by atoms with van der Waals surface area (Å²) in [6.45, 7) is 0. The van der Waals surface area contributed by atoms with E-state index in [-0.39, 0.29) is 0 Å². The molecule has 0 aromatic carbocycles. The summed E-state index contributed by atoms with van der Waals surface area (Å²) in [4.78, 5) is 0. The quantitative estimate of drug-likeness (QED) is 0.531. The molecule has 3 heteroatoms. The van der Waals surface area contributed by atoms with Crippen LogP contribution in [0.25, 0.3) is 0 Å². The van der Waals surface area contributed by atoms with Gasteiger partial charge in [-0.05, 0) is 24.1 Å². The molecule has 0 unspecified atom stereocenters. The Morgan fingerprint density at radius 1 is 1.75 bits per heavy atom. The SMILES string of the molecule is c1cc2n(c1)CSN2. The molecule has 0 spiro atoms. The minimum Gasteiger partial charge on any atom is -0.323 e. The first-order valence-electron chi connectivity index (χ1n) is 2.50. The third-order valence-electron chi connectivity index (χ3n) is 1.21. The van der Waals surface area contributed by atoms with Crippen LogP contribution < -0.4 is 4.72 Å². The monoisotopic (exact) mass is 126 g/mol. The number of anilines is 1. The predicted octanol–water partition coefficient (Wildman–Crippen LogP) is 1.52. The summed E-state index contributed by atoms with van der Waals surface area (Å²) in [5.41, 5.74) is 0. The maximum Gasteiger partial charge on any atom is 0.116 e. The Balaban J connectivity index is 2.54. The molecule has 0 fully saturated rings. The highest BCUT2D eigenvalue weighted by Gasteiger charge is 2.05. The first-order chi connectivity index (χ1) is 3.97. The summed E-state index contributed by atoms with van der Waals surface area (Å²) < 4.78 is 5.33. The molecule has 1 aliphatic heterocycles. The van der Waals surface area contributed by atoms with Gasteiger partial charge in [-0.25, -0.2) is 0 Å². The van der Waals surface area contributed by atoms with Crippen LogP contribution in [0.4, 0.5) is 5.82 Å². The Labute approximate surface area is 52.0 Å². The van der Waals surface area contributed by atoms with Crippen LogP contribution in [0.3, 0.4) is 0 Å². The van der Waals surface area contributed by atoms with Crippen LogP contribution >= 0.6 is 11.9 Å². The van der Waals surface area contributed by atoms with Gasteiger partial charge in [0.2, 0.25) is 0 Å². The molecule has 1 aliphatic rings. The van der Waals surface area contributed by atoms with Crippen LogP contribution in [0.5, 0.6) is 0 Å². The van der Waals surface area contributed by atoms with Gasteiger partial charge in [-0.3, -0.25) is 0 Å². The standard InChI is InChI=1S/C5H6N2S/c1-2-5-6-8-4-7(5)3-1/h1-3,6H,4H2. The second kappa shape index (κ2) is 1.45. The number of fused-ring (bicyclic) bond motifs is 1. The van der Waals surface area contributed by atoms with Gasteiger partial charge in [0.25, 0.3) is 0 Å². The van der Waals surface area contributed by atoms with Gasteiger partial charge in [-0.1, -0.05) is 0 Å². The van der Waals surface area contributed by atoms with Gasteiger partial charge in [-0.2, -0.15) is 0 Å². The van der Waals surface area contributed by atoms with Crippen LogP contribution in [0.2, 0.25) is 0 Å². The van der Waals surface area contributed by atoms with Gasteiger partial charge in [-0.15, -0.1) is 0 Å². The van der Waals surface area contributed by atoms with Crippen molar-refractivity contribution in [3.8, 4) is 0 Å². The Bertz CT molecular complexity index is 176. The Morgan fingerprint density at radius 3 is 3.62 bits per heavy atom. The molecule has 0 aliphatic carbocycles. The molecular weight excluding hydrogens is 120 g/mol. The number of rotatable bonds is 0. The zero-order chi connectivity index (χ0) is 5.40. The average Bonchev–Trinajstić information content (AvgIpc) is 2.15. The third-order valence-corrected chi connectivity index (χ3v) is 1.97. The molecule has 0 radical (unpaired) electrons. The van der Waals surface area contributed by atoms with Crippen molar-refractivity contribution in [2.24, 2.45) is 0 Å². The van der Waals surface area contributed by atoms with Crippen molar-refractivity contribution in [2.45, 2.75) is 5.88 Å². The van der Waals surface area contributed by atoms with Crippen LogP contribution in [0.15, 0.2) is 18.3 Å². The fraction of sp³-hybridized carbons (Fsp3) is 0.200. The predicted molar refractivity (Wildman–Crippen MR) is 35.6 cm³/mol. The number of aromatic nitrogens is 1. The van der Waals surface area contributed by atoms with E-state index in [2.05, 4.69) is 21.6 Å². The summed E-state index contributed by atoms with van der Waals surface area (Å²) in [6.07, 6.45) is 2.07. The molecule has 2 rings (SSSR count). The van der Waals surface area contributed by atoms with E-state index in [0.29, 0.717) is 0 Å². The summed E-state index contributed by atoms with van der Waals surface area (Å²) in [7, 11) is 0.